The molecule has 1 aromatic heterocycles. The Hall–Kier alpha value is -1.20. The Bertz CT molecular complexity index is 590. The van der Waals surface area contributed by atoms with E-state index in [4.69, 9.17) is 11.6 Å². The van der Waals surface area contributed by atoms with E-state index in [-0.39, 0.29) is 16.8 Å². The van der Waals surface area contributed by atoms with Gasteiger partial charge in [0.15, 0.2) is 5.82 Å². The lowest BCUT2D eigenvalue weighted by Crippen LogP contribution is -2.08. The molecule has 0 saturated heterocycles. The quantitative estimate of drug-likeness (QED) is 0.875. The fourth-order valence-electron chi connectivity index (χ4n) is 1.91. The summed E-state index contributed by atoms with van der Waals surface area (Å²) in [5, 5.41) is 3.95. The lowest BCUT2D eigenvalue weighted by Gasteiger charge is -2.16. The second-order valence-corrected chi connectivity index (χ2v) is 5.93. The van der Waals surface area contributed by atoms with E-state index in [0.29, 0.717) is 0 Å². The normalized spacial score (nSPS) is 12.5. The molecule has 2 nitrogen and oxygen atoms in total. The molecule has 0 aliphatic heterocycles. The van der Waals surface area contributed by atoms with Crippen LogP contribution in [-0.2, 0) is 0 Å². The minimum absolute atomic E-state index is 0.0308. The van der Waals surface area contributed by atoms with E-state index in [0.717, 1.165) is 27.7 Å². The molecule has 0 aliphatic carbocycles. The first-order chi connectivity index (χ1) is 8.88. The van der Waals surface area contributed by atoms with E-state index in [1.165, 1.54) is 0 Å². The maximum absolute atomic E-state index is 13.7. The van der Waals surface area contributed by atoms with Crippen molar-refractivity contribution in [2.24, 2.45) is 0 Å². The third-order valence-corrected chi connectivity index (χ3v) is 4.25. The number of aryl methyl sites for hydroxylation is 2. The van der Waals surface area contributed by atoms with Crippen LogP contribution in [0.1, 0.15) is 28.5 Å². The molecule has 1 atom stereocenters. The number of halogens is 3. The van der Waals surface area contributed by atoms with E-state index < -0.39 is 11.6 Å². The summed E-state index contributed by atoms with van der Waals surface area (Å²) >= 11 is 7.40. The van der Waals surface area contributed by atoms with E-state index in [1.54, 1.807) is 11.3 Å². The van der Waals surface area contributed by atoms with Gasteiger partial charge in [-0.05, 0) is 26.8 Å². The van der Waals surface area contributed by atoms with Crippen LogP contribution in [0.2, 0.25) is 5.02 Å². The molecule has 0 amide bonds. The number of aromatic nitrogens is 1. The van der Waals surface area contributed by atoms with Crippen molar-refractivity contribution in [3.63, 3.8) is 0 Å². The molecule has 0 spiro atoms. The highest BCUT2D eigenvalue weighted by Crippen LogP contribution is 2.32. The van der Waals surface area contributed by atoms with Crippen LogP contribution < -0.4 is 5.32 Å². The summed E-state index contributed by atoms with van der Waals surface area (Å²) in [5.41, 5.74) is 1.02. The van der Waals surface area contributed by atoms with Crippen LogP contribution in [0.5, 0.6) is 0 Å². The van der Waals surface area contributed by atoms with Gasteiger partial charge in [-0.3, -0.25) is 0 Å². The lowest BCUT2D eigenvalue weighted by molar-refractivity contribution is 0.584. The standard InChI is InChI=1S/C13H13ClF2N2S/c1-6-13(19-8(3)17-6)7(2)18-12-10(14)4-9(15)5-11(12)16/h4-5,7,18H,1-3H3. The summed E-state index contributed by atoms with van der Waals surface area (Å²) in [6.45, 7) is 5.71. The number of nitrogens with one attached hydrogen (secondary N) is 1. The number of anilines is 1. The molecule has 0 aliphatic rings. The van der Waals surface area contributed by atoms with Crippen molar-refractivity contribution >= 4 is 28.6 Å². The first-order valence-electron chi connectivity index (χ1n) is 5.73. The van der Waals surface area contributed by atoms with Crippen LogP contribution in [-0.4, -0.2) is 4.98 Å². The smallest absolute Gasteiger partial charge is 0.150 e. The predicted molar refractivity (Wildman–Crippen MR) is 75.0 cm³/mol. The van der Waals surface area contributed by atoms with E-state index in [9.17, 15) is 8.78 Å². The molecule has 0 bridgehead atoms. The van der Waals surface area contributed by atoms with Crippen molar-refractivity contribution in [1.29, 1.82) is 0 Å². The van der Waals surface area contributed by atoms with Gasteiger partial charge in [-0.15, -0.1) is 11.3 Å². The number of rotatable bonds is 3. The molecule has 2 aromatic rings. The Morgan fingerprint density at radius 3 is 2.53 bits per heavy atom. The average Bonchev–Trinajstić information content (AvgIpc) is 2.62. The van der Waals surface area contributed by atoms with Crippen LogP contribution in [0.4, 0.5) is 14.5 Å². The summed E-state index contributed by atoms with van der Waals surface area (Å²) < 4.78 is 26.7. The summed E-state index contributed by atoms with van der Waals surface area (Å²) in [5.74, 6) is -1.39. The van der Waals surface area contributed by atoms with Crippen LogP contribution >= 0.6 is 22.9 Å². The summed E-state index contributed by atoms with van der Waals surface area (Å²) in [7, 11) is 0. The zero-order chi connectivity index (χ0) is 14.2. The minimum Gasteiger partial charge on any atom is -0.374 e. The van der Waals surface area contributed by atoms with Gasteiger partial charge in [-0.25, -0.2) is 13.8 Å². The molecule has 1 unspecified atom stereocenters. The molecule has 0 radical (unpaired) electrons. The Morgan fingerprint density at radius 1 is 1.32 bits per heavy atom. The number of hydrogen-bond donors (Lipinski definition) is 1. The molecule has 6 heteroatoms. The molecule has 0 fully saturated rings. The van der Waals surface area contributed by atoms with Gasteiger partial charge in [0.25, 0.3) is 0 Å². The summed E-state index contributed by atoms with van der Waals surface area (Å²) in [4.78, 5) is 5.34. The van der Waals surface area contributed by atoms with Gasteiger partial charge in [0, 0.05) is 10.9 Å². The SMILES string of the molecule is Cc1nc(C)c(C(C)Nc2c(F)cc(F)cc2Cl)s1. The first kappa shape index (κ1) is 14.2. The Labute approximate surface area is 119 Å². The fourth-order valence-corrected chi connectivity index (χ4v) is 3.09. The van der Waals surface area contributed by atoms with Gasteiger partial charge in [0.1, 0.15) is 5.82 Å². The van der Waals surface area contributed by atoms with Crippen molar-refractivity contribution in [3.05, 3.63) is 44.4 Å². The van der Waals surface area contributed by atoms with Crippen LogP contribution in [0.25, 0.3) is 0 Å². The molecule has 1 N–H and O–H groups in total. The summed E-state index contributed by atoms with van der Waals surface area (Å²) in [6, 6.07) is 1.75. The van der Waals surface area contributed by atoms with Crippen molar-refractivity contribution in [2.45, 2.75) is 26.8 Å². The second kappa shape index (κ2) is 5.43. The maximum Gasteiger partial charge on any atom is 0.150 e. The van der Waals surface area contributed by atoms with E-state index in [2.05, 4.69) is 10.3 Å². The van der Waals surface area contributed by atoms with Gasteiger partial charge in [0.2, 0.25) is 0 Å². The monoisotopic (exact) mass is 302 g/mol. The van der Waals surface area contributed by atoms with Crippen molar-refractivity contribution in [3.8, 4) is 0 Å². The van der Waals surface area contributed by atoms with Gasteiger partial charge in [0.05, 0.1) is 27.5 Å². The first-order valence-corrected chi connectivity index (χ1v) is 6.93. The molecule has 102 valence electrons. The highest BCUT2D eigenvalue weighted by molar-refractivity contribution is 7.11. The van der Waals surface area contributed by atoms with Crippen LogP contribution in [0.3, 0.4) is 0 Å². The molecular weight excluding hydrogens is 290 g/mol. The van der Waals surface area contributed by atoms with Crippen molar-refractivity contribution in [2.75, 3.05) is 5.32 Å². The number of thiazole rings is 1. The Balaban J connectivity index is 2.29. The molecule has 19 heavy (non-hydrogen) atoms. The number of benzene rings is 1. The largest absolute Gasteiger partial charge is 0.374 e. The Morgan fingerprint density at radius 2 is 2.00 bits per heavy atom. The number of nitrogens with zero attached hydrogens (tertiary/aromatic N) is 1. The zero-order valence-corrected chi connectivity index (χ0v) is 12.3. The molecular formula is C13H13ClF2N2S. The highest BCUT2D eigenvalue weighted by Gasteiger charge is 2.17. The Kier molecular flexibility index (Phi) is 4.06. The van der Waals surface area contributed by atoms with Crippen molar-refractivity contribution in [1.82, 2.24) is 4.98 Å². The zero-order valence-electron chi connectivity index (χ0n) is 10.7. The van der Waals surface area contributed by atoms with Gasteiger partial charge < -0.3 is 5.32 Å². The maximum atomic E-state index is 13.7. The summed E-state index contributed by atoms with van der Waals surface area (Å²) in [6.07, 6.45) is 0. The van der Waals surface area contributed by atoms with Crippen molar-refractivity contribution < 1.29 is 8.78 Å². The van der Waals surface area contributed by atoms with Gasteiger partial charge >= 0.3 is 0 Å². The molecule has 1 aromatic carbocycles. The molecule has 1 heterocycles. The van der Waals surface area contributed by atoms with Crippen LogP contribution in [0, 0.1) is 25.5 Å². The highest BCUT2D eigenvalue weighted by atomic mass is 35.5. The van der Waals surface area contributed by atoms with Gasteiger partial charge in [-0.2, -0.15) is 0 Å². The third-order valence-electron chi connectivity index (χ3n) is 2.70. The lowest BCUT2D eigenvalue weighted by atomic mass is 10.2. The van der Waals surface area contributed by atoms with E-state index >= 15 is 0 Å². The molecule has 2 rings (SSSR count). The average molecular weight is 303 g/mol. The number of hydrogen-bond acceptors (Lipinski definition) is 3. The minimum atomic E-state index is -0.698. The third kappa shape index (κ3) is 3.04. The molecule has 0 saturated carbocycles. The van der Waals surface area contributed by atoms with Gasteiger partial charge in [-0.1, -0.05) is 11.6 Å². The second-order valence-electron chi connectivity index (χ2n) is 4.29. The van der Waals surface area contributed by atoms with E-state index in [1.807, 2.05) is 20.8 Å². The topological polar surface area (TPSA) is 24.9 Å². The van der Waals surface area contributed by atoms with Crippen LogP contribution in [0.15, 0.2) is 12.1 Å². The fraction of sp³-hybridized carbons (Fsp3) is 0.308. The predicted octanol–water partition coefficient (Wildman–Crippen LogP) is 4.86.